The fraction of sp³-hybridized carbons (Fsp3) is 0.636. The Balaban J connectivity index is 2.96. The molecule has 3 nitrogen and oxygen atoms in total. The summed E-state index contributed by atoms with van der Waals surface area (Å²) in [5.74, 6) is 0. The van der Waals surface area contributed by atoms with Crippen LogP contribution in [0.2, 0.25) is 0 Å². The van der Waals surface area contributed by atoms with Gasteiger partial charge < -0.3 is 4.90 Å². The highest BCUT2D eigenvalue weighted by atomic mass is 32.1. The highest BCUT2D eigenvalue weighted by Crippen LogP contribution is 2.26. The van der Waals surface area contributed by atoms with Crippen molar-refractivity contribution in [2.45, 2.75) is 40.2 Å². The summed E-state index contributed by atoms with van der Waals surface area (Å²) in [5, 5.41) is 0.964. The van der Waals surface area contributed by atoms with Gasteiger partial charge in [-0.15, -0.1) is 0 Å². The monoisotopic (exact) mass is 226 g/mol. The number of carbonyl (C=O) groups excluding carboxylic acids is 1. The number of thiazole rings is 1. The third-order valence-electron chi connectivity index (χ3n) is 2.64. The molecule has 1 aromatic heterocycles. The number of aryl methyl sites for hydroxylation is 1. The lowest BCUT2D eigenvalue weighted by molar-refractivity contribution is 0.112. The second-order valence-corrected chi connectivity index (χ2v) is 4.62. The molecule has 0 radical (unpaired) electrons. The first kappa shape index (κ1) is 12.2. The van der Waals surface area contributed by atoms with Gasteiger partial charge in [0.15, 0.2) is 11.4 Å². The quantitative estimate of drug-likeness (QED) is 0.724. The standard InChI is InChI=1S/C11H18N2OS/c1-5-8(3)13(6-2)11-12-9(4)10(7-14)15-11/h7-8H,5-6H2,1-4H3. The first-order valence-corrected chi connectivity index (χ1v) is 6.14. The molecule has 0 aliphatic rings. The molecule has 0 aromatic carbocycles. The molecule has 0 spiro atoms. The van der Waals surface area contributed by atoms with Gasteiger partial charge in [0, 0.05) is 12.6 Å². The van der Waals surface area contributed by atoms with Crippen LogP contribution in [0.3, 0.4) is 0 Å². The molecule has 4 heteroatoms. The van der Waals surface area contributed by atoms with Gasteiger partial charge in [-0.05, 0) is 27.2 Å². The zero-order valence-corrected chi connectivity index (χ0v) is 10.6. The van der Waals surface area contributed by atoms with Crippen molar-refractivity contribution in [2.24, 2.45) is 0 Å². The van der Waals surface area contributed by atoms with Crippen LogP contribution in [0.15, 0.2) is 0 Å². The van der Waals surface area contributed by atoms with Crippen LogP contribution >= 0.6 is 11.3 Å². The van der Waals surface area contributed by atoms with Gasteiger partial charge in [0.05, 0.1) is 10.6 Å². The van der Waals surface area contributed by atoms with Crippen molar-refractivity contribution in [1.29, 1.82) is 0 Å². The Morgan fingerprint density at radius 2 is 2.20 bits per heavy atom. The smallest absolute Gasteiger partial charge is 0.186 e. The Morgan fingerprint density at radius 3 is 2.60 bits per heavy atom. The van der Waals surface area contributed by atoms with E-state index in [0.29, 0.717) is 6.04 Å². The zero-order valence-electron chi connectivity index (χ0n) is 9.78. The summed E-state index contributed by atoms with van der Waals surface area (Å²) in [5.41, 5.74) is 0.840. The molecule has 1 atom stereocenters. The van der Waals surface area contributed by atoms with E-state index in [0.717, 1.165) is 35.0 Å². The molecule has 0 N–H and O–H groups in total. The Morgan fingerprint density at radius 1 is 1.53 bits per heavy atom. The van der Waals surface area contributed by atoms with Gasteiger partial charge in [-0.2, -0.15) is 0 Å². The van der Waals surface area contributed by atoms with Crippen molar-refractivity contribution in [2.75, 3.05) is 11.4 Å². The molecule has 1 heterocycles. The Hall–Kier alpha value is -0.900. The summed E-state index contributed by atoms with van der Waals surface area (Å²) in [6, 6.07) is 0.472. The van der Waals surface area contributed by atoms with Gasteiger partial charge in [-0.3, -0.25) is 4.79 Å². The van der Waals surface area contributed by atoms with Crippen LogP contribution in [0.1, 0.15) is 42.6 Å². The molecule has 84 valence electrons. The molecule has 0 saturated carbocycles. The number of nitrogens with zero attached hydrogens (tertiary/aromatic N) is 2. The number of aromatic nitrogens is 1. The molecular formula is C11H18N2OS. The van der Waals surface area contributed by atoms with Crippen molar-refractivity contribution in [3.63, 3.8) is 0 Å². The van der Waals surface area contributed by atoms with Crippen molar-refractivity contribution in [3.8, 4) is 0 Å². The van der Waals surface area contributed by atoms with Crippen LogP contribution in [0.25, 0.3) is 0 Å². The summed E-state index contributed by atoms with van der Waals surface area (Å²) in [4.78, 5) is 18.2. The van der Waals surface area contributed by atoms with Crippen LogP contribution < -0.4 is 4.90 Å². The molecule has 0 fully saturated rings. The number of carbonyl (C=O) groups is 1. The highest BCUT2D eigenvalue weighted by Gasteiger charge is 2.16. The van der Waals surface area contributed by atoms with E-state index in [-0.39, 0.29) is 0 Å². The Labute approximate surface area is 95.1 Å². The van der Waals surface area contributed by atoms with E-state index in [4.69, 9.17) is 0 Å². The van der Waals surface area contributed by atoms with Crippen LogP contribution in [0, 0.1) is 6.92 Å². The summed E-state index contributed by atoms with van der Waals surface area (Å²) >= 11 is 1.48. The normalized spacial score (nSPS) is 12.5. The highest BCUT2D eigenvalue weighted by molar-refractivity contribution is 7.17. The lowest BCUT2D eigenvalue weighted by Crippen LogP contribution is -2.32. The number of hydrogen-bond acceptors (Lipinski definition) is 4. The molecule has 0 bridgehead atoms. The van der Waals surface area contributed by atoms with Gasteiger partial charge in [-0.1, -0.05) is 18.3 Å². The maximum atomic E-state index is 10.7. The van der Waals surface area contributed by atoms with Crippen LogP contribution in [0.4, 0.5) is 5.13 Å². The van der Waals surface area contributed by atoms with Crippen molar-refractivity contribution in [3.05, 3.63) is 10.6 Å². The minimum absolute atomic E-state index is 0.472. The largest absolute Gasteiger partial charge is 0.346 e. The molecule has 0 amide bonds. The first-order chi connectivity index (χ1) is 7.13. The van der Waals surface area contributed by atoms with Gasteiger partial charge in [0.2, 0.25) is 0 Å². The van der Waals surface area contributed by atoms with Gasteiger partial charge in [0.25, 0.3) is 0 Å². The van der Waals surface area contributed by atoms with Crippen LogP contribution in [0.5, 0.6) is 0 Å². The topological polar surface area (TPSA) is 33.2 Å². The average molecular weight is 226 g/mol. The van der Waals surface area contributed by atoms with E-state index in [2.05, 4.69) is 30.7 Å². The van der Waals surface area contributed by atoms with Crippen LogP contribution in [-0.2, 0) is 0 Å². The minimum atomic E-state index is 0.472. The van der Waals surface area contributed by atoms with E-state index >= 15 is 0 Å². The van der Waals surface area contributed by atoms with Crippen molar-refractivity contribution < 1.29 is 4.79 Å². The minimum Gasteiger partial charge on any atom is -0.346 e. The summed E-state index contributed by atoms with van der Waals surface area (Å²) in [6.07, 6.45) is 1.98. The maximum Gasteiger partial charge on any atom is 0.186 e. The van der Waals surface area contributed by atoms with Crippen molar-refractivity contribution >= 4 is 22.8 Å². The second kappa shape index (κ2) is 5.26. The van der Waals surface area contributed by atoms with E-state index in [1.807, 2.05) is 6.92 Å². The number of anilines is 1. The molecule has 1 aromatic rings. The maximum absolute atomic E-state index is 10.7. The van der Waals surface area contributed by atoms with E-state index < -0.39 is 0 Å². The molecule has 0 aliphatic carbocycles. The molecule has 15 heavy (non-hydrogen) atoms. The lowest BCUT2D eigenvalue weighted by Gasteiger charge is -2.26. The van der Waals surface area contributed by atoms with E-state index in [1.165, 1.54) is 11.3 Å². The second-order valence-electron chi connectivity index (χ2n) is 3.61. The molecule has 0 aliphatic heterocycles. The molecule has 0 saturated heterocycles. The third kappa shape index (κ3) is 2.56. The zero-order chi connectivity index (χ0) is 11.4. The van der Waals surface area contributed by atoms with E-state index in [9.17, 15) is 4.79 Å². The van der Waals surface area contributed by atoms with Gasteiger partial charge in [0.1, 0.15) is 0 Å². The number of hydrogen-bond donors (Lipinski definition) is 0. The van der Waals surface area contributed by atoms with Crippen molar-refractivity contribution in [1.82, 2.24) is 4.98 Å². The predicted molar refractivity (Wildman–Crippen MR) is 65.0 cm³/mol. The van der Waals surface area contributed by atoms with Gasteiger partial charge >= 0.3 is 0 Å². The molecule has 1 rings (SSSR count). The van der Waals surface area contributed by atoms with E-state index in [1.54, 1.807) is 0 Å². The molecule has 1 unspecified atom stereocenters. The average Bonchev–Trinajstić information content (AvgIpc) is 2.60. The van der Waals surface area contributed by atoms with Gasteiger partial charge in [-0.25, -0.2) is 4.98 Å². The lowest BCUT2D eigenvalue weighted by atomic mass is 10.2. The number of rotatable bonds is 5. The molecular weight excluding hydrogens is 208 g/mol. The van der Waals surface area contributed by atoms with Crippen LogP contribution in [-0.4, -0.2) is 23.9 Å². The fourth-order valence-electron chi connectivity index (χ4n) is 1.48. The first-order valence-electron chi connectivity index (χ1n) is 5.33. The third-order valence-corrected chi connectivity index (χ3v) is 3.76. The Kier molecular flexibility index (Phi) is 4.27. The summed E-state index contributed by atoms with van der Waals surface area (Å²) in [6.45, 7) is 9.27. The summed E-state index contributed by atoms with van der Waals surface area (Å²) in [7, 11) is 0. The Bertz CT molecular complexity index is 335. The summed E-state index contributed by atoms with van der Waals surface area (Å²) < 4.78 is 0. The number of aldehydes is 1. The fourth-order valence-corrected chi connectivity index (χ4v) is 2.53. The predicted octanol–water partition coefficient (Wildman–Crippen LogP) is 2.89. The SMILES string of the molecule is CCC(C)N(CC)c1nc(C)c(C=O)s1.